The average Bonchev–Trinajstić information content (AvgIpc) is 3.68. The number of hydrogen-bond donors (Lipinski definition) is 0. The van der Waals surface area contributed by atoms with Crippen molar-refractivity contribution in [3.8, 4) is 0 Å². The normalized spacial score (nSPS) is 11.6. The molecular formula is C31H42N8S2+2. The van der Waals surface area contributed by atoms with Gasteiger partial charge in [0.15, 0.2) is 0 Å². The van der Waals surface area contributed by atoms with Crippen LogP contribution in [0.25, 0.3) is 0 Å². The maximum Gasteiger partial charge on any atom is 0.408 e. The van der Waals surface area contributed by atoms with Crippen molar-refractivity contribution in [3.05, 3.63) is 71.7 Å². The summed E-state index contributed by atoms with van der Waals surface area (Å²) < 4.78 is 4.19. The summed E-state index contributed by atoms with van der Waals surface area (Å²) in [5, 5.41) is 23.6. The second-order valence-electron chi connectivity index (χ2n) is 9.60. The van der Waals surface area contributed by atoms with Gasteiger partial charge in [-0.05, 0) is 128 Å². The first-order chi connectivity index (χ1) is 20.1. The van der Waals surface area contributed by atoms with Crippen molar-refractivity contribution in [2.75, 3.05) is 36.0 Å². The molecule has 0 fully saturated rings. The molecule has 2 heterocycles. The summed E-state index contributed by atoms with van der Waals surface area (Å²) >= 11 is 3.21. The molecule has 0 aliphatic heterocycles. The van der Waals surface area contributed by atoms with Crippen molar-refractivity contribution >= 4 is 55.7 Å². The number of anilines is 2. The SMILES string of the molecule is CCN(CCCCCN(CC)c1ccc(N=Nc2scc[n+]2CC)cc1)c1ccc(N=Nc2scc[n+]2CC)cc1. The molecule has 0 bridgehead atoms. The van der Waals surface area contributed by atoms with Crippen LogP contribution in [0.15, 0.2) is 92.1 Å². The van der Waals surface area contributed by atoms with E-state index in [1.165, 1.54) is 30.6 Å². The third-order valence-electron chi connectivity index (χ3n) is 7.05. The molecule has 0 radical (unpaired) electrons. The molecule has 4 aromatic rings. The van der Waals surface area contributed by atoms with E-state index in [2.05, 4.69) is 116 Å². The van der Waals surface area contributed by atoms with E-state index in [9.17, 15) is 0 Å². The Morgan fingerprint density at radius 2 is 0.976 bits per heavy atom. The number of thiazole rings is 2. The Morgan fingerprint density at radius 1 is 0.561 bits per heavy atom. The first kappa shape index (κ1) is 30.5. The number of aromatic nitrogens is 2. The lowest BCUT2D eigenvalue weighted by atomic mass is 10.2. The number of hydrogen-bond acceptors (Lipinski definition) is 8. The van der Waals surface area contributed by atoms with Gasteiger partial charge in [0.05, 0.1) is 23.3 Å². The zero-order valence-corrected chi connectivity index (χ0v) is 26.3. The van der Waals surface area contributed by atoms with Gasteiger partial charge in [-0.1, -0.05) is 0 Å². The van der Waals surface area contributed by atoms with Crippen molar-refractivity contribution in [1.29, 1.82) is 0 Å². The minimum absolute atomic E-state index is 0.878. The highest BCUT2D eigenvalue weighted by atomic mass is 32.1. The fraction of sp³-hybridized carbons (Fsp3) is 0.419. The third kappa shape index (κ3) is 8.74. The molecule has 8 nitrogen and oxygen atoms in total. The van der Waals surface area contributed by atoms with E-state index in [4.69, 9.17) is 0 Å². The second-order valence-corrected chi connectivity index (χ2v) is 11.3. The summed E-state index contributed by atoms with van der Waals surface area (Å²) in [6, 6.07) is 16.9. The first-order valence-corrected chi connectivity index (χ1v) is 16.4. The topological polar surface area (TPSA) is 63.7 Å². The number of benzene rings is 2. The van der Waals surface area contributed by atoms with E-state index in [1.807, 2.05) is 23.2 Å². The van der Waals surface area contributed by atoms with Gasteiger partial charge in [0.2, 0.25) is 0 Å². The van der Waals surface area contributed by atoms with Crippen LogP contribution in [0.4, 0.5) is 33.0 Å². The minimum Gasteiger partial charge on any atom is -0.372 e. The summed E-state index contributed by atoms with van der Waals surface area (Å²) in [5.74, 6) is 0. The molecule has 0 N–H and O–H groups in total. The third-order valence-corrected chi connectivity index (χ3v) is 8.62. The average molecular weight is 591 g/mol. The maximum absolute atomic E-state index is 4.43. The summed E-state index contributed by atoms with van der Waals surface area (Å²) in [7, 11) is 0. The maximum atomic E-state index is 4.43. The van der Waals surface area contributed by atoms with Gasteiger partial charge in [-0.2, -0.15) is 0 Å². The first-order valence-electron chi connectivity index (χ1n) is 14.6. The van der Waals surface area contributed by atoms with Crippen molar-refractivity contribution < 1.29 is 9.13 Å². The number of nitrogens with zero attached hydrogens (tertiary/aromatic N) is 8. The Kier molecular flexibility index (Phi) is 11.9. The molecule has 0 aliphatic rings. The van der Waals surface area contributed by atoms with Crippen LogP contribution < -0.4 is 18.9 Å². The molecule has 0 aliphatic carbocycles. The van der Waals surface area contributed by atoms with Crippen molar-refractivity contribution in [2.45, 2.75) is 60.0 Å². The molecule has 4 rings (SSSR count). The molecule has 2 aromatic carbocycles. The van der Waals surface area contributed by atoms with Crippen LogP contribution in [-0.2, 0) is 13.1 Å². The van der Waals surface area contributed by atoms with Crippen LogP contribution in [0, 0.1) is 0 Å². The molecule has 216 valence electrons. The molecule has 0 unspecified atom stereocenters. The number of azo groups is 2. The molecule has 10 heteroatoms. The van der Waals surface area contributed by atoms with E-state index < -0.39 is 0 Å². The highest BCUT2D eigenvalue weighted by Gasteiger charge is 2.12. The van der Waals surface area contributed by atoms with E-state index >= 15 is 0 Å². The highest BCUT2D eigenvalue weighted by molar-refractivity contribution is 7.13. The predicted molar refractivity (Wildman–Crippen MR) is 171 cm³/mol. The van der Waals surface area contributed by atoms with Gasteiger partial charge < -0.3 is 9.80 Å². The van der Waals surface area contributed by atoms with Gasteiger partial charge in [-0.15, -0.1) is 0 Å². The van der Waals surface area contributed by atoms with Crippen LogP contribution in [0.1, 0.15) is 47.0 Å². The van der Waals surface area contributed by atoms with Crippen molar-refractivity contribution in [2.24, 2.45) is 20.5 Å². The molecular weight excluding hydrogens is 549 g/mol. The van der Waals surface area contributed by atoms with Crippen LogP contribution in [0.2, 0.25) is 0 Å². The number of unbranched alkanes of at least 4 members (excludes halogenated alkanes) is 2. The standard InChI is InChI=1S/C31H42N8S2/c1-5-36(28-16-12-26(13-17-28)32-34-30-38(7-3)22-24-40-30)20-10-9-11-21-37(6-2)29-18-14-27(15-19-29)33-35-31-39(8-4)23-25-41-31/h12-19,22-25H,5-11,20-21H2,1-4H3/q+2. The summed E-state index contributed by atoms with van der Waals surface area (Å²) in [6.07, 6.45) is 7.62. The molecule has 0 atom stereocenters. The molecule has 0 amide bonds. The lowest BCUT2D eigenvalue weighted by Gasteiger charge is -2.25. The molecule has 2 aromatic heterocycles. The van der Waals surface area contributed by atoms with E-state index in [-0.39, 0.29) is 0 Å². The zero-order chi connectivity index (χ0) is 28.9. The minimum atomic E-state index is 0.878. The molecule has 0 saturated heterocycles. The van der Waals surface area contributed by atoms with Crippen molar-refractivity contribution in [3.63, 3.8) is 0 Å². The highest BCUT2D eigenvalue weighted by Crippen LogP contribution is 2.25. The van der Waals surface area contributed by atoms with Gasteiger partial charge in [-0.25, -0.2) is 9.13 Å². The fourth-order valence-corrected chi connectivity index (χ4v) is 6.10. The lowest BCUT2D eigenvalue weighted by Crippen LogP contribution is -2.28. The molecule has 0 spiro atoms. The predicted octanol–water partition coefficient (Wildman–Crippen LogP) is 8.78. The van der Waals surface area contributed by atoms with Crippen LogP contribution in [0.3, 0.4) is 0 Å². The van der Waals surface area contributed by atoms with E-state index in [0.717, 1.165) is 60.9 Å². The molecule has 0 saturated carbocycles. The Balaban J connectivity index is 1.21. The van der Waals surface area contributed by atoms with Gasteiger partial charge in [0.1, 0.15) is 23.8 Å². The summed E-state index contributed by atoms with van der Waals surface area (Å²) in [4.78, 5) is 4.88. The largest absolute Gasteiger partial charge is 0.408 e. The van der Waals surface area contributed by atoms with E-state index in [1.54, 1.807) is 22.7 Å². The monoisotopic (exact) mass is 590 g/mol. The Morgan fingerprint density at radius 3 is 1.34 bits per heavy atom. The van der Waals surface area contributed by atoms with Crippen molar-refractivity contribution in [1.82, 2.24) is 0 Å². The Bertz CT molecular complexity index is 1270. The van der Waals surface area contributed by atoms with Gasteiger partial charge >= 0.3 is 10.3 Å². The zero-order valence-electron chi connectivity index (χ0n) is 24.7. The molecule has 41 heavy (non-hydrogen) atoms. The summed E-state index contributed by atoms with van der Waals surface area (Å²) in [6.45, 7) is 14.5. The van der Waals surface area contributed by atoms with Gasteiger partial charge in [-0.3, -0.25) is 0 Å². The van der Waals surface area contributed by atoms with Crippen LogP contribution in [-0.4, -0.2) is 26.2 Å². The van der Waals surface area contributed by atoms with Crippen LogP contribution in [0.5, 0.6) is 0 Å². The van der Waals surface area contributed by atoms with Crippen LogP contribution >= 0.6 is 22.7 Å². The van der Waals surface area contributed by atoms with E-state index in [0.29, 0.717) is 0 Å². The second kappa shape index (κ2) is 16.1. The number of rotatable bonds is 16. The van der Waals surface area contributed by atoms with Gasteiger partial charge in [0.25, 0.3) is 0 Å². The number of aryl methyl sites for hydroxylation is 2. The Labute approximate surface area is 252 Å². The smallest absolute Gasteiger partial charge is 0.372 e. The lowest BCUT2D eigenvalue weighted by molar-refractivity contribution is -0.677. The summed E-state index contributed by atoms with van der Waals surface area (Å²) in [5.41, 5.74) is 4.23. The Hall–Kier alpha value is -3.50. The fourth-order valence-electron chi connectivity index (χ4n) is 4.62. The quantitative estimate of drug-likeness (QED) is 0.0744. The van der Waals surface area contributed by atoms with Gasteiger partial charge in [0, 0.05) is 48.3 Å².